The molecule has 2 rings (SSSR count). The predicted octanol–water partition coefficient (Wildman–Crippen LogP) is 4.53. The summed E-state index contributed by atoms with van der Waals surface area (Å²) < 4.78 is 0. The number of carbonyl (C=O) groups is 2. The van der Waals surface area contributed by atoms with Gasteiger partial charge >= 0.3 is 5.97 Å². The van der Waals surface area contributed by atoms with Crippen LogP contribution in [0.3, 0.4) is 0 Å². The zero-order valence-electron chi connectivity index (χ0n) is 14.2. The van der Waals surface area contributed by atoms with Gasteiger partial charge in [-0.3, -0.25) is 9.59 Å². The van der Waals surface area contributed by atoms with Gasteiger partial charge in [0.2, 0.25) is 0 Å². The monoisotopic (exact) mass is 359 g/mol. The number of nitrogens with one attached hydrogen (secondary N) is 1. The molecule has 0 aliphatic heterocycles. The van der Waals surface area contributed by atoms with E-state index in [2.05, 4.69) is 0 Å². The van der Waals surface area contributed by atoms with E-state index >= 15 is 0 Å². The normalized spacial score (nSPS) is 17.9. The van der Waals surface area contributed by atoms with Crippen molar-refractivity contribution in [3.63, 3.8) is 0 Å². The molecule has 0 heterocycles. The lowest BCUT2D eigenvalue weighted by Gasteiger charge is -2.13. The highest BCUT2D eigenvalue weighted by Crippen LogP contribution is 2.31. The standard InChI is InChI=1S/C20H22ClNO3/c1-13-15(12-20(24)25)11-19(23)16(10-18(13)21)9-17(22)8-7-14-5-3-2-4-6-14/h2-6,10,15,22H,7-9,11-12H2,1H3,(H,24,25)/t15-/m1/s1. The van der Waals surface area contributed by atoms with Crippen LogP contribution >= 0.6 is 11.6 Å². The van der Waals surface area contributed by atoms with E-state index < -0.39 is 5.97 Å². The molecule has 4 nitrogen and oxygen atoms in total. The number of Topliss-reactive ketones (excluding diaryl/α,β-unsaturated/α-hetero) is 1. The molecule has 1 aromatic carbocycles. The topological polar surface area (TPSA) is 78.2 Å². The van der Waals surface area contributed by atoms with Crippen molar-refractivity contribution < 1.29 is 14.7 Å². The fraction of sp³-hybridized carbons (Fsp3) is 0.350. The summed E-state index contributed by atoms with van der Waals surface area (Å²) in [6.07, 6.45) is 3.22. The Labute approximate surface area is 152 Å². The van der Waals surface area contributed by atoms with E-state index in [0.717, 1.165) is 17.6 Å². The van der Waals surface area contributed by atoms with Crippen molar-refractivity contribution in [1.29, 1.82) is 5.41 Å². The number of halogens is 1. The molecule has 0 aromatic heterocycles. The number of hydrogen-bond donors (Lipinski definition) is 2. The van der Waals surface area contributed by atoms with E-state index in [0.29, 0.717) is 22.7 Å². The first kappa shape index (κ1) is 19.1. The third-order valence-electron chi connectivity index (χ3n) is 4.46. The van der Waals surface area contributed by atoms with E-state index in [1.165, 1.54) is 0 Å². The van der Waals surface area contributed by atoms with Crippen LogP contribution in [0.4, 0.5) is 0 Å². The molecule has 0 saturated carbocycles. The third-order valence-corrected chi connectivity index (χ3v) is 4.87. The van der Waals surface area contributed by atoms with Crippen molar-refractivity contribution in [2.45, 2.75) is 39.0 Å². The lowest BCUT2D eigenvalue weighted by molar-refractivity contribution is -0.137. The molecule has 25 heavy (non-hydrogen) atoms. The molecule has 0 radical (unpaired) electrons. The van der Waals surface area contributed by atoms with Crippen molar-refractivity contribution in [3.05, 3.63) is 58.1 Å². The van der Waals surface area contributed by atoms with Gasteiger partial charge in [-0.2, -0.15) is 0 Å². The molecule has 0 spiro atoms. The smallest absolute Gasteiger partial charge is 0.303 e. The number of hydrogen-bond acceptors (Lipinski definition) is 3. The highest BCUT2D eigenvalue weighted by atomic mass is 35.5. The zero-order chi connectivity index (χ0) is 18.4. The minimum absolute atomic E-state index is 0.111. The van der Waals surface area contributed by atoms with Gasteiger partial charge in [0.1, 0.15) is 0 Å². The Morgan fingerprint density at radius 3 is 2.64 bits per heavy atom. The van der Waals surface area contributed by atoms with Crippen molar-refractivity contribution >= 4 is 29.1 Å². The summed E-state index contributed by atoms with van der Waals surface area (Å²) in [4.78, 5) is 23.5. The Morgan fingerprint density at radius 1 is 1.32 bits per heavy atom. The van der Waals surface area contributed by atoms with E-state index in [9.17, 15) is 9.59 Å². The third kappa shape index (κ3) is 5.68. The van der Waals surface area contributed by atoms with Crippen LogP contribution < -0.4 is 0 Å². The largest absolute Gasteiger partial charge is 0.481 e. The van der Waals surface area contributed by atoms with Crippen LogP contribution in [0.25, 0.3) is 0 Å². The number of carbonyl (C=O) groups excluding carboxylic acids is 1. The predicted molar refractivity (Wildman–Crippen MR) is 99.1 cm³/mol. The summed E-state index contributed by atoms with van der Waals surface area (Å²) >= 11 is 6.25. The van der Waals surface area contributed by atoms with Crippen LogP contribution in [0.2, 0.25) is 0 Å². The number of rotatable bonds is 7. The highest BCUT2D eigenvalue weighted by molar-refractivity contribution is 6.32. The Balaban J connectivity index is 2.01. The van der Waals surface area contributed by atoms with Crippen molar-refractivity contribution in [1.82, 2.24) is 0 Å². The first-order valence-corrected chi connectivity index (χ1v) is 8.66. The maximum absolute atomic E-state index is 12.5. The summed E-state index contributed by atoms with van der Waals surface area (Å²) in [6, 6.07) is 9.91. The Hall–Kier alpha value is -2.20. The number of allylic oxidation sites excluding steroid dienone is 4. The van der Waals surface area contributed by atoms with Crippen molar-refractivity contribution in [3.8, 4) is 0 Å². The fourth-order valence-electron chi connectivity index (χ4n) is 2.89. The zero-order valence-corrected chi connectivity index (χ0v) is 15.0. The second-order valence-electron chi connectivity index (χ2n) is 6.39. The Morgan fingerprint density at radius 2 is 2.00 bits per heavy atom. The molecule has 0 bridgehead atoms. The molecule has 0 unspecified atom stereocenters. The number of carboxylic acids is 1. The molecular weight excluding hydrogens is 338 g/mol. The van der Waals surface area contributed by atoms with E-state index in [-0.39, 0.29) is 31.0 Å². The molecule has 5 heteroatoms. The van der Waals surface area contributed by atoms with Gasteiger partial charge in [-0.15, -0.1) is 0 Å². The number of ketones is 1. The van der Waals surface area contributed by atoms with Gasteiger partial charge in [-0.05, 0) is 37.3 Å². The van der Waals surface area contributed by atoms with E-state index in [4.69, 9.17) is 22.1 Å². The summed E-state index contributed by atoms with van der Waals surface area (Å²) in [6.45, 7) is 1.77. The lowest BCUT2D eigenvalue weighted by atomic mass is 9.90. The van der Waals surface area contributed by atoms with Crippen LogP contribution in [0, 0.1) is 11.3 Å². The number of aryl methyl sites for hydroxylation is 1. The molecule has 1 aliphatic rings. The van der Waals surface area contributed by atoms with Crippen LogP contribution in [-0.4, -0.2) is 22.6 Å². The van der Waals surface area contributed by atoms with Crippen LogP contribution in [0.5, 0.6) is 0 Å². The Kier molecular flexibility index (Phi) is 6.71. The summed E-state index contributed by atoms with van der Waals surface area (Å²) in [5.41, 5.74) is 2.85. The molecule has 132 valence electrons. The summed E-state index contributed by atoms with van der Waals surface area (Å²) in [7, 11) is 0. The second kappa shape index (κ2) is 8.77. The van der Waals surface area contributed by atoms with Crippen LogP contribution in [-0.2, 0) is 16.0 Å². The first-order chi connectivity index (χ1) is 11.9. The SMILES string of the molecule is CC1=C(Cl)C=C(CC(=N)CCc2ccccc2)C(=O)C[C@@H]1CC(=O)O. The van der Waals surface area contributed by atoms with Crippen LogP contribution in [0.1, 0.15) is 38.2 Å². The number of aliphatic carboxylic acids is 1. The Bertz CT molecular complexity index is 735. The number of benzene rings is 1. The molecule has 1 atom stereocenters. The molecule has 0 saturated heterocycles. The highest BCUT2D eigenvalue weighted by Gasteiger charge is 2.26. The van der Waals surface area contributed by atoms with Gasteiger partial charge in [-0.1, -0.05) is 47.5 Å². The average Bonchev–Trinajstić information content (AvgIpc) is 2.66. The van der Waals surface area contributed by atoms with E-state index in [1.54, 1.807) is 13.0 Å². The quantitative estimate of drug-likeness (QED) is 0.702. The van der Waals surface area contributed by atoms with Crippen molar-refractivity contribution in [2.75, 3.05) is 0 Å². The molecule has 1 aliphatic carbocycles. The molecule has 0 amide bonds. The molecule has 2 N–H and O–H groups in total. The molecule has 0 fully saturated rings. The second-order valence-corrected chi connectivity index (χ2v) is 6.80. The minimum atomic E-state index is -0.944. The number of carboxylic acid groups (broad SMARTS) is 1. The van der Waals surface area contributed by atoms with E-state index in [1.807, 2.05) is 30.3 Å². The van der Waals surface area contributed by atoms with Crippen molar-refractivity contribution in [2.24, 2.45) is 5.92 Å². The summed E-state index contributed by atoms with van der Waals surface area (Å²) in [5, 5.41) is 17.6. The summed E-state index contributed by atoms with van der Waals surface area (Å²) in [5.74, 6) is -1.45. The van der Waals surface area contributed by atoms with Gasteiger partial charge in [0.15, 0.2) is 5.78 Å². The fourth-order valence-corrected chi connectivity index (χ4v) is 3.18. The lowest BCUT2D eigenvalue weighted by Crippen LogP contribution is -2.15. The van der Waals surface area contributed by atoms with Gasteiger partial charge < -0.3 is 10.5 Å². The van der Waals surface area contributed by atoms with Gasteiger partial charge in [0.25, 0.3) is 0 Å². The van der Waals surface area contributed by atoms with Gasteiger partial charge in [0.05, 0.1) is 6.42 Å². The average molecular weight is 360 g/mol. The molecular formula is C20H22ClNO3. The maximum Gasteiger partial charge on any atom is 0.303 e. The molecule has 1 aromatic rings. The minimum Gasteiger partial charge on any atom is -0.481 e. The van der Waals surface area contributed by atoms with Gasteiger partial charge in [-0.25, -0.2) is 0 Å². The maximum atomic E-state index is 12.5. The first-order valence-electron chi connectivity index (χ1n) is 8.29. The van der Waals surface area contributed by atoms with Crippen LogP contribution in [0.15, 0.2) is 52.6 Å². The van der Waals surface area contributed by atoms with Gasteiger partial charge in [0, 0.05) is 29.2 Å².